The Hall–Kier alpha value is -2.29. The van der Waals surface area contributed by atoms with Crippen LogP contribution in [-0.4, -0.2) is 17.6 Å². The van der Waals surface area contributed by atoms with Crippen LogP contribution in [-0.2, 0) is 11.3 Å². The van der Waals surface area contributed by atoms with Crippen molar-refractivity contribution < 1.29 is 9.53 Å². The summed E-state index contributed by atoms with van der Waals surface area (Å²) in [5, 5.41) is 2.41. The van der Waals surface area contributed by atoms with Crippen LogP contribution in [0.5, 0.6) is 0 Å². The van der Waals surface area contributed by atoms with Crippen LogP contribution in [0.1, 0.15) is 18.1 Å². The molecule has 1 amide bonds. The van der Waals surface area contributed by atoms with Gasteiger partial charge < -0.3 is 4.74 Å². The summed E-state index contributed by atoms with van der Waals surface area (Å²) < 4.78 is 5.02. The van der Waals surface area contributed by atoms with Gasteiger partial charge in [0.2, 0.25) is 0 Å². The number of carbonyl (C=O) groups excluding carboxylic acids is 1. The molecule has 0 aromatic heterocycles. The SMILES string of the molecule is CCOC(=O)N1C=Cc2cc3ccccc3cc2C1. The summed E-state index contributed by atoms with van der Waals surface area (Å²) in [6.07, 6.45) is 3.45. The van der Waals surface area contributed by atoms with E-state index in [0.29, 0.717) is 13.2 Å². The Bertz CT molecular complexity index is 661. The zero-order chi connectivity index (χ0) is 13.2. The van der Waals surface area contributed by atoms with E-state index in [0.717, 1.165) is 5.56 Å². The van der Waals surface area contributed by atoms with Crippen molar-refractivity contribution in [1.29, 1.82) is 0 Å². The first-order valence-corrected chi connectivity index (χ1v) is 6.41. The largest absolute Gasteiger partial charge is 0.449 e. The standard InChI is InChI=1S/C16H15NO2/c1-2-19-16(18)17-8-7-14-9-12-5-3-4-6-13(12)10-15(14)11-17/h3-10H,2,11H2,1H3. The van der Waals surface area contributed by atoms with Gasteiger partial charge in [0.25, 0.3) is 0 Å². The van der Waals surface area contributed by atoms with Crippen LogP contribution in [0, 0.1) is 0 Å². The fourth-order valence-electron chi connectivity index (χ4n) is 2.34. The Balaban J connectivity index is 1.97. The molecule has 3 heteroatoms. The molecule has 0 aliphatic carbocycles. The second-order valence-electron chi connectivity index (χ2n) is 4.54. The van der Waals surface area contributed by atoms with E-state index in [2.05, 4.69) is 24.3 Å². The van der Waals surface area contributed by atoms with Crippen molar-refractivity contribution in [3.05, 3.63) is 53.7 Å². The van der Waals surface area contributed by atoms with E-state index in [1.165, 1.54) is 16.3 Å². The second kappa shape index (κ2) is 4.76. The predicted octanol–water partition coefficient (Wildman–Crippen LogP) is 3.78. The van der Waals surface area contributed by atoms with Gasteiger partial charge in [0, 0.05) is 6.20 Å². The number of benzene rings is 2. The maximum Gasteiger partial charge on any atom is 0.414 e. The number of rotatable bonds is 1. The van der Waals surface area contributed by atoms with E-state index in [9.17, 15) is 4.79 Å². The molecule has 0 unspecified atom stereocenters. The lowest BCUT2D eigenvalue weighted by molar-refractivity contribution is 0.120. The smallest absolute Gasteiger partial charge is 0.414 e. The minimum Gasteiger partial charge on any atom is -0.449 e. The molecule has 19 heavy (non-hydrogen) atoms. The Morgan fingerprint density at radius 2 is 2.00 bits per heavy atom. The monoisotopic (exact) mass is 253 g/mol. The summed E-state index contributed by atoms with van der Waals surface area (Å²) in [5.41, 5.74) is 2.31. The summed E-state index contributed by atoms with van der Waals surface area (Å²) in [5.74, 6) is 0. The van der Waals surface area contributed by atoms with Crippen molar-refractivity contribution in [3.8, 4) is 0 Å². The van der Waals surface area contributed by atoms with Gasteiger partial charge in [-0.15, -0.1) is 0 Å². The number of carbonyl (C=O) groups is 1. The molecule has 1 aliphatic rings. The Morgan fingerprint density at radius 3 is 2.74 bits per heavy atom. The minimum absolute atomic E-state index is 0.294. The van der Waals surface area contributed by atoms with E-state index >= 15 is 0 Å². The van der Waals surface area contributed by atoms with Gasteiger partial charge >= 0.3 is 6.09 Å². The van der Waals surface area contributed by atoms with Crippen molar-refractivity contribution in [3.63, 3.8) is 0 Å². The maximum atomic E-state index is 11.7. The van der Waals surface area contributed by atoms with Gasteiger partial charge in [-0.2, -0.15) is 0 Å². The molecule has 2 aromatic carbocycles. The number of hydrogen-bond donors (Lipinski definition) is 0. The van der Waals surface area contributed by atoms with Crippen molar-refractivity contribution >= 4 is 22.9 Å². The van der Waals surface area contributed by atoms with E-state index in [-0.39, 0.29) is 6.09 Å². The molecule has 1 heterocycles. The Kier molecular flexibility index (Phi) is 2.95. The lowest BCUT2D eigenvalue weighted by atomic mass is 9.99. The Labute approximate surface area is 112 Å². The third-order valence-electron chi connectivity index (χ3n) is 3.28. The molecule has 3 nitrogen and oxygen atoms in total. The molecule has 2 aromatic rings. The van der Waals surface area contributed by atoms with Gasteiger partial charge in [-0.3, -0.25) is 4.90 Å². The molecule has 1 aliphatic heterocycles. The van der Waals surface area contributed by atoms with Gasteiger partial charge in [-0.1, -0.05) is 24.3 Å². The van der Waals surface area contributed by atoms with Crippen molar-refractivity contribution in [1.82, 2.24) is 4.90 Å². The molecular weight excluding hydrogens is 238 g/mol. The highest BCUT2D eigenvalue weighted by molar-refractivity contribution is 5.87. The zero-order valence-electron chi connectivity index (χ0n) is 10.8. The van der Waals surface area contributed by atoms with Crippen molar-refractivity contribution in [2.75, 3.05) is 6.61 Å². The molecule has 0 radical (unpaired) electrons. The summed E-state index contributed by atoms with van der Waals surface area (Å²) in [6.45, 7) is 2.77. The number of fused-ring (bicyclic) bond motifs is 2. The van der Waals surface area contributed by atoms with Crippen LogP contribution in [0.2, 0.25) is 0 Å². The van der Waals surface area contributed by atoms with Gasteiger partial charge in [0.15, 0.2) is 0 Å². The highest BCUT2D eigenvalue weighted by atomic mass is 16.6. The lowest BCUT2D eigenvalue weighted by Gasteiger charge is -2.23. The van der Waals surface area contributed by atoms with E-state index in [1.807, 2.05) is 25.1 Å². The van der Waals surface area contributed by atoms with Gasteiger partial charge in [0.05, 0.1) is 13.2 Å². The van der Waals surface area contributed by atoms with Crippen LogP contribution in [0.15, 0.2) is 42.6 Å². The Morgan fingerprint density at radius 1 is 1.26 bits per heavy atom. The van der Waals surface area contributed by atoms with E-state index < -0.39 is 0 Å². The molecule has 3 rings (SSSR count). The van der Waals surface area contributed by atoms with Crippen LogP contribution in [0.25, 0.3) is 16.8 Å². The number of amides is 1. The first-order valence-electron chi connectivity index (χ1n) is 6.41. The molecule has 0 bridgehead atoms. The number of nitrogens with zero attached hydrogens (tertiary/aromatic N) is 1. The fraction of sp³-hybridized carbons (Fsp3) is 0.188. The summed E-state index contributed by atoms with van der Waals surface area (Å²) in [4.78, 5) is 13.3. The number of ether oxygens (including phenoxy) is 1. The van der Waals surface area contributed by atoms with Crippen LogP contribution >= 0.6 is 0 Å². The first kappa shape index (κ1) is 11.8. The van der Waals surface area contributed by atoms with E-state index in [1.54, 1.807) is 11.1 Å². The highest BCUT2D eigenvalue weighted by Crippen LogP contribution is 2.26. The number of hydrogen-bond acceptors (Lipinski definition) is 2. The molecule has 0 atom stereocenters. The predicted molar refractivity (Wildman–Crippen MR) is 75.5 cm³/mol. The summed E-state index contributed by atoms with van der Waals surface area (Å²) in [6, 6.07) is 12.5. The topological polar surface area (TPSA) is 29.5 Å². The van der Waals surface area contributed by atoms with Crippen LogP contribution < -0.4 is 0 Å². The normalized spacial score (nSPS) is 13.4. The lowest BCUT2D eigenvalue weighted by Crippen LogP contribution is -2.28. The fourth-order valence-corrected chi connectivity index (χ4v) is 2.34. The summed E-state index contributed by atoms with van der Waals surface area (Å²) >= 11 is 0. The molecular formula is C16H15NO2. The molecule has 0 saturated heterocycles. The molecule has 0 spiro atoms. The highest BCUT2D eigenvalue weighted by Gasteiger charge is 2.17. The van der Waals surface area contributed by atoms with Crippen molar-refractivity contribution in [2.45, 2.75) is 13.5 Å². The minimum atomic E-state index is -0.294. The third-order valence-corrected chi connectivity index (χ3v) is 3.28. The molecule has 0 fully saturated rings. The van der Waals surface area contributed by atoms with Crippen LogP contribution in [0.4, 0.5) is 4.79 Å². The average Bonchev–Trinajstić information content (AvgIpc) is 2.44. The summed E-state index contributed by atoms with van der Waals surface area (Å²) in [7, 11) is 0. The van der Waals surface area contributed by atoms with E-state index in [4.69, 9.17) is 4.74 Å². The first-order chi connectivity index (χ1) is 9.28. The van der Waals surface area contributed by atoms with Crippen molar-refractivity contribution in [2.24, 2.45) is 0 Å². The quantitative estimate of drug-likeness (QED) is 0.774. The molecule has 96 valence electrons. The average molecular weight is 253 g/mol. The molecule has 0 N–H and O–H groups in total. The second-order valence-corrected chi connectivity index (χ2v) is 4.54. The van der Waals surface area contributed by atoms with Crippen LogP contribution in [0.3, 0.4) is 0 Å². The van der Waals surface area contributed by atoms with Gasteiger partial charge in [0.1, 0.15) is 0 Å². The van der Waals surface area contributed by atoms with Gasteiger partial charge in [-0.05, 0) is 47.0 Å². The third kappa shape index (κ3) is 2.19. The zero-order valence-corrected chi connectivity index (χ0v) is 10.8. The molecule has 0 saturated carbocycles. The van der Waals surface area contributed by atoms with Gasteiger partial charge in [-0.25, -0.2) is 4.79 Å². The maximum absolute atomic E-state index is 11.7.